The summed E-state index contributed by atoms with van der Waals surface area (Å²) < 4.78 is 7.18. The van der Waals surface area contributed by atoms with E-state index in [2.05, 4.69) is 29.2 Å². The van der Waals surface area contributed by atoms with Crippen LogP contribution in [0.2, 0.25) is 0 Å². The van der Waals surface area contributed by atoms with Crippen molar-refractivity contribution in [2.24, 2.45) is 11.7 Å². The summed E-state index contributed by atoms with van der Waals surface area (Å²) in [5.74, 6) is 1.19. The Kier molecular flexibility index (Phi) is 6.32. The number of hydrogen-bond acceptors (Lipinski definition) is 4. The van der Waals surface area contributed by atoms with E-state index >= 15 is 0 Å². The van der Waals surface area contributed by atoms with Crippen molar-refractivity contribution in [1.29, 1.82) is 0 Å². The maximum atomic E-state index is 13.9. The smallest absolute Gasteiger partial charge is 0.246 e. The summed E-state index contributed by atoms with van der Waals surface area (Å²) >= 11 is 0. The highest BCUT2D eigenvalue weighted by atomic mass is 16.5. The summed E-state index contributed by atoms with van der Waals surface area (Å²) in [5.41, 5.74) is 8.53. The number of methoxy groups -OCH3 is 1. The average molecular weight is 473 g/mol. The number of nitrogens with zero attached hydrogens (tertiary/aromatic N) is 3. The van der Waals surface area contributed by atoms with Gasteiger partial charge in [-0.05, 0) is 48.4 Å². The van der Waals surface area contributed by atoms with Gasteiger partial charge in [-0.2, -0.15) is 0 Å². The number of rotatable bonds is 10. The molecule has 0 bridgehead atoms. The van der Waals surface area contributed by atoms with Crippen molar-refractivity contribution in [1.82, 2.24) is 14.5 Å². The second-order valence-electron chi connectivity index (χ2n) is 9.84. The molecule has 35 heavy (non-hydrogen) atoms. The third-order valence-electron chi connectivity index (χ3n) is 7.48. The van der Waals surface area contributed by atoms with Gasteiger partial charge in [-0.25, -0.2) is 4.98 Å². The molecule has 1 aliphatic heterocycles. The van der Waals surface area contributed by atoms with Crippen LogP contribution in [0, 0.1) is 5.92 Å². The van der Waals surface area contributed by atoms with E-state index in [1.807, 2.05) is 46.0 Å². The van der Waals surface area contributed by atoms with Crippen molar-refractivity contribution < 1.29 is 14.3 Å². The summed E-state index contributed by atoms with van der Waals surface area (Å²) in [6.45, 7) is 1.51. The Balaban J connectivity index is 1.37. The summed E-state index contributed by atoms with van der Waals surface area (Å²) in [7, 11) is 1.64. The van der Waals surface area contributed by atoms with E-state index in [0.29, 0.717) is 18.8 Å². The highest BCUT2D eigenvalue weighted by Gasteiger charge is 2.55. The minimum absolute atomic E-state index is 0.0726. The molecule has 5 rings (SSSR count). The van der Waals surface area contributed by atoms with Crippen LogP contribution < -0.4 is 10.5 Å². The predicted molar refractivity (Wildman–Crippen MR) is 133 cm³/mol. The maximum absolute atomic E-state index is 13.9. The van der Waals surface area contributed by atoms with Crippen molar-refractivity contribution in [2.75, 3.05) is 20.2 Å². The molecule has 7 nitrogen and oxygen atoms in total. The fraction of sp³-hybridized carbons (Fsp3) is 0.393. The number of nitrogens with two attached hydrogens (primary N) is 1. The van der Waals surface area contributed by atoms with E-state index in [9.17, 15) is 9.59 Å². The predicted octanol–water partition coefficient (Wildman–Crippen LogP) is 3.28. The lowest BCUT2D eigenvalue weighted by Gasteiger charge is -2.52. The van der Waals surface area contributed by atoms with E-state index in [1.54, 1.807) is 13.4 Å². The fourth-order valence-electron chi connectivity index (χ4n) is 5.32. The van der Waals surface area contributed by atoms with E-state index in [0.717, 1.165) is 30.1 Å². The molecule has 1 aliphatic carbocycles. The van der Waals surface area contributed by atoms with E-state index in [4.69, 9.17) is 10.5 Å². The molecule has 2 heterocycles. The molecule has 1 atom stereocenters. The standard InChI is InChI=1S/C28H32N4O3/c1-35-24-12-7-20(8-13-24)15-25(31-16-23(30-19-31)11-14-26(29)33)27(34)32-17-28(18-32,22-9-10-22)21-5-3-2-4-6-21/h2-8,12-13,16,19,22,25H,9-11,14-15,17-18H2,1H3,(H2,29,33)/t25-/m1/s1. The van der Waals surface area contributed by atoms with Crippen LogP contribution in [0.1, 0.15) is 42.1 Å². The molecule has 1 aromatic heterocycles. The molecule has 3 aromatic rings. The molecule has 2 N–H and O–H groups in total. The zero-order chi connectivity index (χ0) is 24.4. The van der Waals surface area contributed by atoms with E-state index < -0.39 is 6.04 Å². The molecule has 1 saturated carbocycles. The number of hydrogen-bond donors (Lipinski definition) is 1. The monoisotopic (exact) mass is 472 g/mol. The van der Waals surface area contributed by atoms with Crippen molar-refractivity contribution in [3.8, 4) is 5.75 Å². The van der Waals surface area contributed by atoms with Gasteiger partial charge in [0.1, 0.15) is 11.8 Å². The molecule has 7 heteroatoms. The first kappa shape index (κ1) is 23.1. The van der Waals surface area contributed by atoms with E-state index in [-0.39, 0.29) is 23.7 Å². The Labute approximate surface area is 205 Å². The number of carbonyl (C=O) groups is 2. The van der Waals surface area contributed by atoms with Crippen LogP contribution in [0.15, 0.2) is 67.1 Å². The molecule has 2 aromatic carbocycles. The lowest BCUT2D eigenvalue weighted by Crippen LogP contribution is -2.63. The number of ether oxygens (including phenoxy) is 1. The van der Waals surface area contributed by atoms with Gasteiger partial charge in [0, 0.05) is 37.5 Å². The molecule has 2 fully saturated rings. The molecule has 0 unspecified atom stereocenters. The van der Waals surface area contributed by atoms with Crippen LogP contribution >= 0.6 is 0 Å². The minimum Gasteiger partial charge on any atom is -0.497 e. The number of carbonyl (C=O) groups excluding carboxylic acids is 2. The average Bonchev–Trinajstić information content (AvgIpc) is 3.59. The summed E-state index contributed by atoms with van der Waals surface area (Å²) in [4.78, 5) is 31.5. The summed E-state index contributed by atoms with van der Waals surface area (Å²) in [6.07, 6.45) is 7.30. The van der Waals surface area contributed by atoms with Gasteiger partial charge in [-0.15, -0.1) is 0 Å². The second-order valence-corrected chi connectivity index (χ2v) is 9.84. The van der Waals surface area contributed by atoms with Crippen LogP contribution in [-0.2, 0) is 27.8 Å². The second kappa shape index (κ2) is 9.56. The lowest BCUT2D eigenvalue weighted by molar-refractivity contribution is -0.143. The first-order valence-electron chi connectivity index (χ1n) is 12.3. The van der Waals surface area contributed by atoms with Crippen LogP contribution in [0.5, 0.6) is 5.75 Å². The number of benzene rings is 2. The maximum Gasteiger partial charge on any atom is 0.246 e. The first-order valence-corrected chi connectivity index (χ1v) is 12.3. The molecular formula is C28H32N4O3. The zero-order valence-electron chi connectivity index (χ0n) is 20.1. The molecule has 2 aliphatic rings. The van der Waals surface area contributed by atoms with Crippen molar-refractivity contribution in [2.45, 2.75) is 43.6 Å². The van der Waals surface area contributed by atoms with Gasteiger partial charge in [0.2, 0.25) is 11.8 Å². The van der Waals surface area contributed by atoms with Gasteiger partial charge < -0.3 is 19.9 Å². The van der Waals surface area contributed by atoms with Crippen LogP contribution in [0.4, 0.5) is 0 Å². The number of likely N-dealkylation sites (tertiary alicyclic amines) is 1. The fourth-order valence-corrected chi connectivity index (χ4v) is 5.32. The quantitative estimate of drug-likeness (QED) is 0.490. The van der Waals surface area contributed by atoms with Gasteiger partial charge in [0.15, 0.2) is 0 Å². The first-order chi connectivity index (χ1) is 17.0. The van der Waals surface area contributed by atoms with Gasteiger partial charge in [0.25, 0.3) is 0 Å². The van der Waals surface area contributed by atoms with Crippen molar-refractivity contribution in [3.63, 3.8) is 0 Å². The summed E-state index contributed by atoms with van der Waals surface area (Å²) in [5, 5.41) is 0. The molecule has 0 radical (unpaired) electrons. The highest BCUT2D eigenvalue weighted by molar-refractivity contribution is 5.82. The van der Waals surface area contributed by atoms with Gasteiger partial charge in [0.05, 0.1) is 19.1 Å². The van der Waals surface area contributed by atoms with E-state index in [1.165, 1.54) is 18.4 Å². The zero-order valence-corrected chi connectivity index (χ0v) is 20.1. The van der Waals surface area contributed by atoms with Gasteiger partial charge in [-0.3, -0.25) is 9.59 Å². The summed E-state index contributed by atoms with van der Waals surface area (Å²) in [6, 6.07) is 18.1. The highest BCUT2D eigenvalue weighted by Crippen LogP contribution is 2.52. The van der Waals surface area contributed by atoms with Gasteiger partial charge in [-0.1, -0.05) is 42.5 Å². The Hall–Kier alpha value is -3.61. The van der Waals surface area contributed by atoms with Crippen molar-refractivity contribution >= 4 is 11.8 Å². The Morgan fingerprint density at radius 3 is 2.46 bits per heavy atom. The van der Waals surface area contributed by atoms with Crippen molar-refractivity contribution in [3.05, 3.63) is 83.9 Å². The van der Waals surface area contributed by atoms with Crippen LogP contribution in [-0.4, -0.2) is 46.5 Å². The Morgan fingerprint density at radius 1 is 1.11 bits per heavy atom. The number of aryl methyl sites for hydroxylation is 1. The lowest BCUT2D eigenvalue weighted by atomic mass is 9.69. The van der Waals surface area contributed by atoms with Crippen LogP contribution in [0.25, 0.3) is 0 Å². The number of amides is 2. The van der Waals surface area contributed by atoms with Crippen LogP contribution in [0.3, 0.4) is 0 Å². The normalized spacial score (nSPS) is 17.5. The molecule has 2 amide bonds. The molecule has 182 valence electrons. The molecular weight excluding hydrogens is 440 g/mol. The Bertz CT molecular complexity index is 1180. The molecule has 0 spiro atoms. The topological polar surface area (TPSA) is 90.4 Å². The SMILES string of the molecule is COc1ccc(C[C@H](C(=O)N2CC(c3ccccc3)(C3CC3)C2)n2cnc(CCC(N)=O)c2)cc1. The van der Waals surface area contributed by atoms with Gasteiger partial charge >= 0.3 is 0 Å². The Morgan fingerprint density at radius 2 is 1.83 bits per heavy atom. The number of aromatic nitrogens is 2. The third kappa shape index (κ3) is 4.81. The number of primary amides is 1. The molecule has 1 saturated heterocycles. The largest absolute Gasteiger partial charge is 0.497 e. The minimum atomic E-state index is -0.411. The third-order valence-corrected chi connectivity index (χ3v) is 7.48. The number of imidazole rings is 1.